The lowest BCUT2D eigenvalue weighted by molar-refractivity contribution is 0.0969. The second kappa shape index (κ2) is 6.52. The number of hydrogen-bond donors (Lipinski definition) is 1. The van der Waals surface area contributed by atoms with Gasteiger partial charge in [-0.05, 0) is 60.9 Å². The molecule has 4 aromatic rings. The number of nitrogens with zero attached hydrogens (tertiary/aromatic N) is 3. The van der Waals surface area contributed by atoms with Crippen molar-refractivity contribution in [3.63, 3.8) is 0 Å². The SMILES string of the molecule is Cc1cc2oc3c(c(=O)c2cc1C)C(c1ccc(O)cc1)N(c1ncccn1)C3=O. The maximum absolute atomic E-state index is 13.5. The molecule has 7 heteroatoms. The monoisotopic (exact) mass is 399 g/mol. The predicted octanol–water partition coefficient (Wildman–Crippen LogP) is 3.66. The van der Waals surface area contributed by atoms with E-state index in [0.717, 1.165) is 11.1 Å². The molecule has 0 saturated carbocycles. The van der Waals surface area contributed by atoms with E-state index in [0.29, 0.717) is 16.5 Å². The third-order valence-corrected chi connectivity index (χ3v) is 5.46. The fraction of sp³-hybridized carbons (Fsp3) is 0.130. The third kappa shape index (κ3) is 2.59. The van der Waals surface area contributed by atoms with E-state index in [4.69, 9.17) is 4.42 Å². The molecule has 5 rings (SSSR count). The summed E-state index contributed by atoms with van der Waals surface area (Å²) in [6.45, 7) is 3.85. The zero-order valence-corrected chi connectivity index (χ0v) is 16.3. The minimum atomic E-state index is -0.766. The van der Waals surface area contributed by atoms with E-state index in [1.807, 2.05) is 13.8 Å². The number of aromatic nitrogens is 2. The van der Waals surface area contributed by atoms with Crippen molar-refractivity contribution in [2.75, 3.05) is 4.90 Å². The van der Waals surface area contributed by atoms with Gasteiger partial charge in [-0.25, -0.2) is 9.97 Å². The Bertz CT molecular complexity index is 1360. The highest BCUT2D eigenvalue weighted by atomic mass is 16.3. The van der Waals surface area contributed by atoms with Crippen molar-refractivity contribution in [2.45, 2.75) is 19.9 Å². The van der Waals surface area contributed by atoms with Crippen LogP contribution in [-0.2, 0) is 0 Å². The minimum absolute atomic E-state index is 0.0127. The highest BCUT2D eigenvalue weighted by Crippen LogP contribution is 2.40. The first-order chi connectivity index (χ1) is 14.5. The fourth-order valence-electron chi connectivity index (χ4n) is 3.82. The first-order valence-corrected chi connectivity index (χ1v) is 9.43. The Balaban J connectivity index is 1.83. The second-order valence-corrected chi connectivity index (χ2v) is 7.32. The van der Waals surface area contributed by atoms with Crippen molar-refractivity contribution in [2.24, 2.45) is 0 Å². The predicted molar refractivity (Wildman–Crippen MR) is 111 cm³/mol. The number of carbonyl (C=O) groups is 1. The van der Waals surface area contributed by atoms with Crippen LogP contribution in [-0.4, -0.2) is 21.0 Å². The summed E-state index contributed by atoms with van der Waals surface area (Å²) >= 11 is 0. The van der Waals surface area contributed by atoms with E-state index in [1.54, 1.807) is 30.3 Å². The molecule has 1 amide bonds. The van der Waals surface area contributed by atoms with Gasteiger partial charge < -0.3 is 9.52 Å². The van der Waals surface area contributed by atoms with Crippen LogP contribution in [0.1, 0.15) is 38.9 Å². The van der Waals surface area contributed by atoms with Gasteiger partial charge in [0.2, 0.25) is 11.7 Å². The Kier molecular flexibility index (Phi) is 3.92. The number of benzene rings is 2. The number of amides is 1. The first kappa shape index (κ1) is 18.1. The molecule has 7 nitrogen and oxygen atoms in total. The molecular formula is C23H17N3O4. The van der Waals surface area contributed by atoms with Crippen LogP contribution in [0.5, 0.6) is 5.75 Å². The summed E-state index contributed by atoms with van der Waals surface area (Å²) < 4.78 is 5.96. The Morgan fingerprint density at radius 1 is 1.00 bits per heavy atom. The van der Waals surface area contributed by atoms with Gasteiger partial charge in [0.1, 0.15) is 11.3 Å². The van der Waals surface area contributed by atoms with Crippen LogP contribution in [0.25, 0.3) is 11.0 Å². The summed E-state index contributed by atoms with van der Waals surface area (Å²) in [7, 11) is 0. The van der Waals surface area contributed by atoms with Gasteiger partial charge in [-0.3, -0.25) is 14.5 Å². The molecule has 2 aromatic carbocycles. The van der Waals surface area contributed by atoms with Crippen LogP contribution in [0.15, 0.2) is 64.1 Å². The molecule has 1 unspecified atom stereocenters. The van der Waals surface area contributed by atoms with E-state index in [2.05, 4.69) is 9.97 Å². The number of anilines is 1. The van der Waals surface area contributed by atoms with Gasteiger partial charge >= 0.3 is 0 Å². The van der Waals surface area contributed by atoms with Gasteiger partial charge in [-0.1, -0.05) is 12.1 Å². The molecule has 1 N–H and O–H groups in total. The van der Waals surface area contributed by atoms with E-state index >= 15 is 0 Å². The molecule has 0 aliphatic carbocycles. The van der Waals surface area contributed by atoms with Crippen molar-refractivity contribution in [1.82, 2.24) is 9.97 Å². The number of carbonyl (C=O) groups excluding carboxylic acids is 1. The number of aryl methyl sites for hydroxylation is 2. The quantitative estimate of drug-likeness (QED) is 0.553. The molecule has 0 saturated heterocycles. The molecule has 2 aromatic heterocycles. The summed E-state index contributed by atoms with van der Waals surface area (Å²) in [5, 5.41) is 10.1. The molecule has 1 aliphatic rings. The summed E-state index contributed by atoms with van der Waals surface area (Å²) in [6.07, 6.45) is 3.07. The average Bonchev–Trinajstić information content (AvgIpc) is 3.04. The van der Waals surface area contributed by atoms with Crippen LogP contribution in [0.3, 0.4) is 0 Å². The van der Waals surface area contributed by atoms with Gasteiger partial charge in [0.15, 0.2) is 5.43 Å². The normalized spacial score (nSPS) is 15.6. The summed E-state index contributed by atoms with van der Waals surface area (Å²) in [6, 6.07) is 10.8. The van der Waals surface area contributed by atoms with E-state index < -0.39 is 11.9 Å². The summed E-state index contributed by atoms with van der Waals surface area (Å²) in [5.41, 5.74) is 2.92. The molecule has 1 atom stereocenters. The lowest BCUT2D eigenvalue weighted by atomic mass is 9.97. The van der Waals surface area contributed by atoms with Crippen molar-refractivity contribution in [3.8, 4) is 5.75 Å². The molecule has 0 fully saturated rings. The second-order valence-electron chi connectivity index (χ2n) is 7.32. The van der Waals surface area contributed by atoms with Crippen LogP contribution in [0.4, 0.5) is 5.95 Å². The van der Waals surface area contributed by atoms with Crippen molar-refractivity contribution < 1.29 is 14.3 Å². The van der Waals surface area contributed by atoms with Crippen LogP contribution in [0.2, 0.25) is 0 Å². The van der Waals surface area contributed by atoms with Crippen molar-refractivity contribution in [3.05, 3.63) is 93.1 Å². The summed E-state index contributed by atoms with van der Waals surface area (Å²) in [5.74, 6) is -0.238. The zero-order valence-electron chi connectivity index (χ0n) is 16.3. The van der Waals surface area contributed by atoms with Crippen molar-refractivity contribution >= 4 is 22.8 Å². The number of rotatable bonds is 2. The van der Waals surface area contributed by atoms with Gasteiger partial charge in [-0.2, -0.15) is 0 Å². The van der Waals surface area contributed by atoms with E-state index in [9.17, 15) is 14.7 Å². The average molecular weight is 399 g/mol. The number of aromatic hydroxyl groups is 1. The lowest BCUT2D eigenvalue weighted by Gasteiger charge is -2.22. The topological polar surface area (TPSA) is 96.5 Å². The zero-order chi connectivity index (χ0) is 21.0. The van der Waals surface area contributed by atoms with Gasteiger partial charge in [0.25, 0.3) is 5.91 Å². The minimum Gasteiger partial charge on any atom is -0.508 e. The number of hydrogen-bond acceptors (Lipinski definition) is 6. The molecule has 3 heterocycles. The molecular weight excluding hydrogens is 382 g/mol. The van der Waals surface area contributed by atoms with Gasteiger partial charge in [0.05, 0.1) is 17.0 Å². The molecule has 30 heavy (non-hydrogen) atoms. The Labute approximate surface area is 171 Å². The van der Waals surface area contributed by atoms with Gasteiger partial charge in [0, 0.05) is 12.4 Å². The third-order valence-electron chi connectivity index (χ3n) is 5.46. The lowest BCUT2D eigenvalue weighted by Crippen LogP contribution is -2.31. The number of fused-ring (bicyclic) bond motifs is 2. The molecule has 0 radical (unpaired) electrons. The Hall–Kier alpha value is -4.00. The van der Waals surface area contributed by atoms with E-state index in [1.165, 1.54) is 29.4 Å². The highest BCUT2D eigenvalue weighted by Gasteiger charge is 2.44. The highest BCUT2D eigenvalue weighted by molar-refractivity contribution is 6.09. The van der Waals surface area contributed by atoms with Crippen LogP contribution < -0.4 is 10.3 Å². The molecule has 0 spiro atoms. The standard InChI is InChI=1S/C23H17N3O4/c1-12-10-16-17(11-13(12)2)30-21-18(20(16)28)19(14-4-6-15(27)7-5-14)26(22(21)29)23-24-8-3-9-25-23/h3-11,19,27H,1-2H3. The fourth-order valence-corrected chi connectivity index (χ4v) is 3.82. The maximum Gasteiger partial charge on any atom is 0.297 e. The largest absolute Gasteiger partial charge is 0.508 e. The van der Waals surface area contributed by atoms with Crippen LogP contribution in [0, 0.1) is 13.8 Å². The number of phenols is 1. The van der Waals surface area contributed by atoms with Gasteiger partial charge in [-0.15, -0.1) is 0 Å². The van der Waals surface area contributed by atoms with Crippen LogP contribution >= 0.6 is 0 Å². The smallest absolute Gasteiger partial charge is 0.297 e. The molecule has 148 valence electrons. The maximum atomic E-state index is 13.5. The van der Waals surface area contributed by atoms with Crippen molar-refractivity contribution in [1.29, 1.82) is 0 Å². The molecule has 1 aliphatic heterocycles. The van der Waals surface area contributed by atoms with E-state index in [-0.39, 0.29) is 28.5 Å². The summed E-state index contributed by atoms with van der Waals surface area (Å²) in [4.78, 5) is 36.7. The first-order valence-electron chi connectivity index (χ1n) is 9.43. The number of phenolic OH excluding ortho intramolecular Hbond substituents is 1. The molecule has 0 bridgehead atoms. The Morgan fingerprint density at radius 2 is 1.67 bits per heavy atom. The Morgan fingerprint density at radius 3 is 2.37 bits per heavy atom.